The fourth-order valence-electron chi connectivity index (χ4n) is 4.31. The van der Waals surface area contributed by atoms with Crippen molar-refractivity contribution in [3.8, 4) is 5.75 Å². The highest BCUT2D eigenvalue weighted by Gasteiger charge is 2.34. The van der Waals surface area contributed by atoms with Crippen molar-refractivity contribution in [3.63, 3.8) is 0 Å². The minimum atomic E-state index is -0.550. The van der Waals surface area contributed by atoms with E-state index in [1.54, 1.807) is 4.68 Å². The molecule has 0 bridgehead atoms. The van der Waals surface area contributed by atoms with E-state index >= 15 is 0 Å². The summed E-state index contributed by atoms with van der Waals surface area (Å²) >= 11 is 6.28. The van der Waals surface area contributed by atoms with Crippen molar-refractivity contribution in [1.82, 2.24) is 20.2 Å². The van der Waals surface area contributed by atoms with Crippen molar-refractivity contribution in [2.24, 2.45) is 0 Å². The number of nitrogens with one attached hydrogen (secondary N) is 2. The molecule has 2 heterocycles. The SMILES string of the molecule is CC1=C(C(=O)Nc2ccc(C)cc2C)C(c2cccc(OCc3ccccc3Cl)c2)n2nnnc2N1. The summed E-state index contributed by atoms with van der Waals surface area (Å²) in [6.45, 7) is 6.16. The van der Waals surface area contributed by atoms with Gasteiger partial charge in [0.1, 0.15) is 18.4 Å². The maximum Gasteiger partial charge on any atom is 0.255 e. The summed E-state index contributed by atoms with van der Waals surface area (Å²) in [6.07, 6.45) is 0. The standard InChI is InChI=1S/C27H25ClN6O2/c1-16-11-12-23(17(2)13-16)30-26(35)24-18(3)29-27-31-32-33-34(27)25(24)19-8-6-9-21(14-19)36-15-20-7-4-5-10-22(20)28/h4-14,25H,15H2,1-3H3,(H,30,35)(H,29,31,33). The number of carbonyl (C=O) groups excluding carboxylic acids is 1. The van der Waals surface area contributed by atoms with Crippen LogP contribution in [0.3, 0.4) is 0 Å². The van der Waals surface area contributed by atoms with Crippen LogP contribution in [0.4, 0.5) is 11.6 Å². The van der Waals surface area contributed by atoms with Crippen LogP contribution >= 0.6 is 11.6 Å². The number of nitrogens with zero attached hydrogens (tertiary/aromatic N) is 4. The molecule has 9 heteroatoms. The lowest BCUT2D eigenvalue weighted by Gasteiger charge is -2.28. The van der Waals surface area contributed by atoms with Crippen LogP contribution in [0, 0.1) is 13.8 Å². The number of anilines is 2. The molecule has 3 aromatic carbocycles. The molecule has 0 saturated heterocycles. The fourth-order valence-corrected chi connectivity index (χ4v) is 4.50. The number of aromatic nitrogens is 4. The molecule has 1 atom stereocenters. The first-order chi connectivity index (χ1) is 17.4. The Hall–Kier alpha value is -4.17. The van der Waals surface area contributed by atoms with E-state index in [2.05, 4.69) is 26.2 Å². The van der Waals surface area contributed by atoms with E-state index in [4.69, 9.17) is 16.3 Å². The van der Waals surface area contributed by atoms with Gasteiger partial charge in [-0.2, -0.15) is 4.68 Å². The van der Waals surface area contributed by atoms with E-state index in [-0.39, 0.29) is 5.91 Å². The second-order valence-electron chi connectivity index (χ2n) is 8.74. The zero-order valence-corrected chi connectivity index (χ0v) is 20.9. The lowest BCUT2D eigenvalue weighted by atomic mass is 9.94. The van der Waals surface area contributed by atoms with Crippen molar-refractivity contribution < 1.29 is 9.53 Å². The van der Waals surface area contributed by atoms with Gasteiger partial charge in [0.05, 0.1) is 5.57 Å². The minimum Gasteiger partial charge on any atom is -0.489 e. The Morgan fingerprint density at radius 1 is 1.08 bits per heavy atom. The Balaban J connectivity index is 1.47. The van der Waals surface area contributed by atoms with Crippen LogP contribution in [-0.2, 0) is 11.4 Å². The summed E-state index contributed by atoms with van der Waals surface area (Å²) in [4.78, 5) is 13.6. The van der Waals surface area contributed by atoms with E-state index in [0.29, 0.717) is 34.6 Å². The molecule has 0 aliphatic carbocycles. The van der Waals surface area contributed by atoms with E-state index in [9.17, 15) is 4.79 Å². The van der Waals surface area contributed by atoms with Gasteiger partial charge in [0.25, 0.3) is 5.91 Å². The van der Waals surface area contributed by atoms with Crippen molar-refractivity contribution in [1.29, 1.82) is 0 Å². The van der Waals surface area contributed by atoms with Gasteiger partial charge >= 0.3 is 0 Å². The van der Waals surface area contributed by atoms with Crippen molar-refractivity contribution in [2.45, 2.75) is 33.4 Å². The average Bonchev–Trinajstić information content (AvgIpc) is 3.32. The Kier molecular flexibility index (Phi) is 6.43. The van der Waals surface area contributed by atoms with E-state index in [0.717, 1.165) is 27.9 Å². The predicted octanol–water partition coefficient (Wildman–Crippen LogP) is 5.45. The van der Waals surface area contributed by atoms with E-state index in [1.807, 2.05) is 87.5 Å². The van der Waals surface area contributed by atoms with Crippen LogP contribution in [0.1, 0.15) is 35.2 Å². The highest BCUT2D eigenvalue weighted by molar-refractivity contribution is 6.31. The topological polar surface area (TPSA) is 94.0 Å². The molecule has 1 amide bonds. The molecule has 1 aromatic heterocycles. The van der Waals surface area contributed by atoms with Crippen LogP contribution in [0.2, 0.25) is 5.02 Å². The molecule has 1 unspecified atom stereocenters. The number of ether oxygens (including phenoxy) is 1. The molecule has 0 saturated carbocycles. The van der Waals surface area contributed by atoms with Crippen molar-refractivity contribution in [3.05, 3.63) is 105 Å². The number of tetrazole rings is 1. The minimum absolute atomic E-state index is 0.236. The molecule has 36 heavy (non-hydrogen) atoms. The van der Waals surface area contributed by atoms with Gasteiger partial charge in [-0.1, -0.05) is 64.7 Å². The van der Waals surface area contributed by atoms with Gasteiger partial charge in [-0.25, -0.2) is 0 Å². The molecule has 0 fully saturated rings. The number of rotatable bonds is 6. The monoisotopic (exact) mass is 500 g/mol. The van der Waals surface area contributed by atoms with Gasteiger partial charge in [0.15, 0.2) is 0 Å². The molecular formula is C27H25ClN6O2. The molecule has 0 radical (unpaired) electrons. The maximum absolute atomic E-state index is 13.6. The Bertz CT molecular complexity index is 1480. The number of hydrogen-bond acceptors (Lipinski definition) is 6. The predicted molar refractivity (Wildman–Crippen MR) is 139 cm³/mol. The molecule has 0 spiro atoms. The Morgan fingerprint density at radius 2 is 1.92 bits per heavy atom. The first kappa shape index (κ1) is 23.6. The zero-order chi connectivity index (χ0) is 25.2. The van der Waals surface area contributed by atoms with Gasteiger partial charge < -0.3 is 15.4 Å². The summed E-state index contributed by atoms with van der Waals surface area (Å²) in [5.41, 5.74) is 5.75. The number of halogens is 1. The second-order valence-corrected chi connectivity index (χ2v) is 9.15. The molecule has 8 nitrogen and oxygen atoms in total. The van der Waals surface area contributed by atoms with Gasteiger partial charge in [-0.05, 0) is 66.6 Å². The van der Waals surface area contributed by atoms with E-state index < -0.39 is 6.04 Å². The number of amides is 1. The number of fused-ring (bicyclic) bond motifs is 1. The number of allylic oxidation sites excluding steroid dienone is 1. The lowest BCUT2D eigenvalue weighted by molar-refractivity contribution is -0.113. The zero-order valence-electron chi connectivity index (χ0n) is 20.1. The van der Waals surface area contributed by atoms with Gasteiger partial charge in [0.2, 0.25) is 5.95 Å². The first-order valence-electron chi connectivity index (χ1n) is 11.5. The number of aryl methyl sites for hydroxylation is 2. The van der Waals surface area contributed by atoms with Crippen LogP contribution in [-0.4, -0.2) is 26.1 Å². The summed E-state index contributed by atoms with van der Waals surface area (Å²) in [5, 5.41) is 18.9. The van der Waals surface area contributed by atoms with E-state index in [1.165, 1.54) is 0 Å². The summed E-state index contributed by atoms with van der Waals surface area (Å²) in [7, 11) is 0. The molecule has 1 aliphatic rings. The molecule has 182 valence electrons. The number of carbonyl (C=O) groups is 1. The first-order valence-corrected chi connectivity index (χ1v) is 11.9. The van der Waals surface area contributed by atoms with Crippen LogP contribution in [0.15, 0.2) is 78.0 Å². The summed E-state index contributed by atoms with van der Waals surface area (Å²) < 4.78 is 7.65. The molecule has 4 aromatic rings. The largest absolute Gasteiger partial charge is 0.489 e. The van der Waals surface area contributed by atoms with Gasteiger partial charge in [0, 0.05) is 22.0 Å². The third-order valence-electron chi connectivity index (χ3n) is 6.11. The fraction of sp³-hybridized carbons (Fsp3) is 0.185. The Morgan fingerprint density at radius 3 is 2.72 bits per heavy atom. The van der Waals surface area contributed by atoms with Gasteiger partial charge in [-0.15, -0.1) is 0 Å². The third-order valence-corrected chi connectivity index (χ3v) is 6.48. The summed E-state index contributed by atoms with van der Waals surface area (Å²) in [5.74, 6) is 0.871. The van der Waals surface area contributed by atoms with Crippen molar-refractivity contribution >= 4 is 29.1 Å². The average molecular weight is 501 g/mol. The highest BCUT2D eigenvalue weighted by atomic mass is 35.5. The normalized spacial score (nSPS) is 14.7. The number of hydrogen-bond donors (Lipinski definition) is 2. The van der Waals surface area contributed by atoms with Crippen molar-refractivity contribution in [2.75, 3.05) is 10.6 Å². The lowest BCUT2D eigenvalue weighted by Crippen LogP contribution is -2.31. The van der Waals surface area contributed by atoms with Crippen LogP contribution < -0.4 is 15.4 Å². The smallest absolute Gasteiger partial charge is 0.255 e. The summed E-state index contributed by atoms with van der Waals surface area (Å²) in [6, 6.07) is 20.5. The quantitative estimate of drug-likeness (QED) is 0.365. The molecule has 1 aliphatic heterocycles. The maximum atomic E-state index is 13.6. The van der Waals surface area contributed by atoms with Crippen LogP contribution in [0.5, 0.6) is 5.75 Å². The highest BCUT2D eigenvalue weighted by Crippen LogP contribution is 2.36. The third kappa shape index (κ3) is 4.67. The molecule has 5 rings (SSSR count). The Labute approximate surface area is 213 Å². The number of benzene rings is 3. The van der Waals surface area contributed by atoms with Crippen LogP contribution in [0.25, 0.3) is 0 Å². The van der Waals surface area contributed by atoms with Gasteiger partial charge in [-0.3, -0.25) is 4.79 Å². The molecule has 2 N–H and O–H groups in total. The molecular weight excluding hydrogens is 476 g/mol. The second kappa shape index (κ2) is 9.83.